The number of aromatic nitrogens is 1. The molecule has 0 aliphatic rings. The van der Waals surface area contributed by atoms with Crippen molar-refractivity contribution in [3.63, 3.8) is 0 Å². The number of nitrogens with one attached hydrogen (secondary N) is 1. The van der Waals surface area contributed by atoms with Gasteiger partial charge in [0.05, 0.1) is 0 Å². The standard InChI is InChI=1S/C12H9BrN2O2/c13-8-1-6-11(14-7-8)12(17)15-9-2-4-10(16)5-3-9/h1-7,16H,(H,15,17). The van der Waals surface area contributed by atoms with E-state index in [1.807, 2.05) is 0 Å². The molecule has 0 unspecified atom stereocenters. The van der Waals surface area contributed by atoms with Gasteiger partial charge >= 0.3 is 0 Å². The van der Waals surface area contributed by atoms with Crippen LogP contribution in [-0.4, -0.2) is 16.0 Å². The van der Waals surface area contributed by atoms with Crippen LogP contribution in [0.4, 0.5) is 5.69 Å². The van der Waals surface area contributed by atoms with Gasteiger partial charge in [-0.2, -0.15) is 0 Å². The number of aromatic hydroxyl groups is 1. The van der Waals surface area contributed by atoms with E-state index in [1.165, 1.54) is 12.1 Å². The number of nitrogens with zero attached hydrogens (tertiary/aromatic N) is 1. The molecule has 1 amide bonds. The summed E-state index contributed by atoms with van der Waals surface area (Å²) in [4.78, 5) is 15.7. The number of halogens is 1. The summed E-state index contributed by atoms with van der Waals surface area (Å²) >= 11 is 3.25. The van der Waals surface area contributed by atoms with E-state index in [0.717, 1.165) is 4.47 Å². The molecule has 17 heavy (non-hydrogen) atoms. The van der Waals surface area contributed by atoms with Crippen molar-refractivity contribution in [2.24, 2.45) is 0 Å². The van der Waals surface area contributed by atoms with Gasteiger partial charge in [-0.1, -0.05) is 0 Å². The molecule has 0 atom stereocenters. The Hall–Kier alpha value is -1.88. The average molecular weight is 293 g/mol. The normalized spacial score (nSPS) is 9.94. The molecule has 86 valence electrons. The number of carbonyl (C=O) groups is 1. The highest BCUT2D eigenvalue weighted by molar-refractivity contribution is 9.10. The predicted octanol–water partition coefficient (Wildman–Crippen LogP) is 2.80. The monoisotopic (exact) mass is 292 g/mol. The second kappa shape index (κ2) is 4.97. The van der Waals surface area contributed by atoms with Gasteiger partial charge in [-0.3, -0.25) is 4.79 Å². The van der Waals surface area contributed by atoms with Crippen LogP contribution in [0.1, 0.15) is 10.5 Å². The van der Waals surface area contributed by atoms with Crippen LogP contribution in [0.5, 0.6) is 5.75 Å². The number of hydrogen-bond acceptors (Lipinski definition) is 3. The first kappa shape index (κ1) is 11.6. The molecule has 0 aliphatic heterocycles. The number of phenols is 1. The number of anilines is 1. The molecule has 0 spiro atoms. The second-order valence-corrected chi connectivity index (χ2v) is 4.28. The Morgan fingerprint density at radius 3 is 2.47 bits per heavy atom. The van der Waals surface area contributed by atoms with E-state index < -0.39 is 0 Å². The number of benzene rings is 1. The predicted molar refractivity (Wildman–Crippen MR) is 68.0 cm³/mol. The molecule has 0 saturated heterocycles. The van der Waals surface area contributed by atoms with Crippen molar-refractivity contribution >= 4 is 27.5 Å². The van der Waals surface area contributed by atoms with Gasteiger partial charge in [0.2, 0.25) is 0 Å². The molecule has 5 heteroatoms. The summed E-state index contributed by atoms with van der Waals surface area (Å²) in [5.74, 6) is -0.132. The number of rotatable bonds is 2. The van der Waals surface area contributed by atoms with Crippen molar-refractivity contribution < 1.29 is 9.90 Å². The lowest BCUT2D eigenvalue weighted by Gasteiger charge is -2.04. The Morgan fingerprint density at radius 2 is 1.88 bits per heavy atom. The van der Waals surface area contributed by atoms with Crippen molar-refractivity contribution in [3.8, 4) is 5.75 Å². The quantitative estimate of drug-likeness (QED) is 0.837. The van der Waals surface area contributed by atoms with Gasteiger partial charge in [0.15, 0.2) is 0 Å². The fraction of sp³-hybridized carbons (Fsp3) is 0. The zero-order valence-corrected chi connectivity index (χ0v) is 10.3. The molecule has 0 aliphatic carbocycles. The van der Waals surface area contributed by atoms with Crippen LogP contribution >= 0.6 is 15.9 Å². The second-order valence-electron chi connectivity index (χ2n) is 3.36. The molecule has 2 aromatic rings. The van der Waals surface area contributed by atoms with Crippen LogP contribution in [0, 0.1) is 0 Å². The molecule has 2 N–H and O–H groups in total. The van der Waals surface area contributed by atoms with Crippen LogP contribution in [0.2, 0.25) is 0 Å². The van der Waals surface area contributed by atoms with Crippen LogP contribution in [0.25, 0.3) is 0 Å². The minimum atomic E-state index is -0.289. The molecule has 4 nitrogen and oxygen atoms in total. The Labute approximate surface area is 106 Å². The average Bonchev–Trinajstić information content (AvgIpc) is 2.33. The summed E-state index contributed by atoms with van der Waals surface area (Å²) in [7, 11) is 0. The molecule has 0 fully saturated rings. The number of pyridine rings is 1. The molecule has 0 bridgehead atoms. The van der Waals surface area contributed by atoms with Gasteiger partial charge in [0, 0.05) is 16.4 Å². The molecular formula is C12H9BrN2O2. The van der Waals surface area contributed by atoms with Crippen molar-refractivity contribution in [1.29, 1.82) is 0 Å². The third kappa shape index (κ3) is 3.04. The summed E-state index contributed by atoms with van der Waals surface area (Å²) in [5, 5.41) is 11.8. The topological polar surface area (TPSA) is 62.2 Å². The van der Waals surface area contributed by atoms with E-state index in [-0.39, 0.29) is 11.7 Å². The number of amides is 1. The van der Waals surface area contributed by atoms with Crippen LogP contribution in [-0.2, 0) is 0 Å². The SMILES string of the molecule is O=C(Nc1ccc(O)cc1)c1ccc(Br)cn1. The minimum absolute atomic E-state index is 0.157. The van der Waals surface area contributed by atoms with Gasteiger partial charge in [-0.15, -0.1) is 0 Å². The Bertz CT molecular complexity index is 523. The number of hydrogen-bond donors (Lipinski definition) is 2. The van der Waals surface area contributed by atoms with Crippen molar-refractivity contribution in [2.45, 2.75) is 0 Å². The van der Waals surface area contributed by atoms with E-state index in [2.05, 4.69) is 26.2 Å². The Morgan fingerprint density at radius 1 is 1.18 bits per heavy atom. The van der Waals surface area contributed by atoms with E-state index in [4.69, 9.17) is 5.11 Å². The van der Waals surface area contributed by atoms with E-state index in [0.29, 0.717) is 11.4 Å². The zero-order valence-electron chi connectivity index (χ0n) is 8.72. The molecule has 0 saturated carbocycles. The summed E-state index contributed by atoms with van der Waals surface area (Å²) < 4.78 is 0.818. The Kier molecular flexibility index (Phi) is 3.39. The fourth-order valence-electron chi connectivity index (χ4n) is 1.25. The van der Waals surface area contributed by atoms with Crippen molar-refractivity contribution in [2.75, 3.05) is 5.32 Å². The van der Waals surface area contributed by atoms with Gasteiger partial charge in [0.25, 0.3) is 5.91 Å². The molecule has 0 radical (unpaired) electrons. The zero-order chi connectivity index (χ0) is 12.3. The van der Waals surface area contributed by atoms with E-state index in [9.17, 15) is 4.79 Å². The maximum Gasteiger partial charge on any atom is 0.274 e. The lowest BCUT2D eigenvalue weighted by molar-refractivity contribution is 0.102. The maximum atomic E-state index is 11.8. The molecule has 2 rings (SSSR count). The molecule has 1 aromatic heterocycles. The van der Waals surface area contributed by atoms with Crippen molar-refractivity contribution in [3.05, 3.63) is 52.8 Å². The summed E-state index contributed by atoms with van der Waals surface area (Å²) in [5.41, 5.74) is 0.943. The van der Waals surface area contributed by atoms with E-state index in [1.54, 1.807) is 30.5 Å². The molecule has 1 heterocycles. The highest BCUT2D eigenvalue weighted by Crippen LogP contribution is 2.15. The van der Waals surface area contributed by atoms with Gasteiger partial charge in [-0.25, -0.2) is 4.98 Å². The Balaban J connectivity index is 2.11. The van der Waals surface area contributed by atoms with E-state index >= 15 is 0 Å². The third-order valence-electron chi connectivity index (χ3n) is 2.09. The molecule has 1 aromatic carbocycles. The smallest absolute Gasteiger partial charge is 0.274 e. The van der Waals surface area contributed by atoms with Crippen LogP contribution in [0.3, 0.4) is 0 Å². The lowest BCUT2D eigenvalue weighted by Crippen LogP contribution is -2.13. The van der Waals surface area contributed by atoms with Gasteiger partial charge < -0.3 is 10.4 Å². The number of carbonyl (C=O) groups excluding carboxylic acids is 1. The highest BCUT2D eigenvalue weighted by atomic mass is 79.9. The van der Waals surface area contributed by atoms with Crippen LogP contribution < -0.4 is 5.32 Å². The highest BCUT2D eigenvalue weighted by Gasteiger charge is 2.06. The maximum absolute atomic E-state index is 11.8. The third-order valence-corrected chi connectivity index (χ3v) is 2.55. The first-order chi connectivity index (χ1) is 8.15. The lowest BCUT2D eigenvalue weighted by atomic mass is 10.3. The largest absolute Gasteiger partial charge is 0.508 e. The first-order valence-electron chi connectivity index (χ1n) is 4.87. The van der Waals surface area contributed by atoms with Crippen molar-refractivity contribution in [1.82, 2.24) is 4.98 Å². The number of phenolic OH excluding ortho intramolecular Hbond substituents is 1. The minimum Gasteiger partial charge on any atom is -0.508 e. The van der Waals surface area contributed by atoms with Gasteiger partial charge in [0.1, 0.15) is 11.4 Å². The summed E-state index contributed by atoms with van der Waals surface area (Å²) in [6.07, 6.45) is 1.56. The summed E-state index contributed by atoms with van der Waals surface area (Å²) in [6, 6.07) is 9.62. The van der Waals surface area contributed by atoms with Crippen LogP contribution in [0.15, 0.2) is 47.1 Å². The molecular weight excluding hydrogens is 284 g/mol. The first-order valence-corrected chi connectivity index (χ1v) is 5.66. The van der Waals surface area contributed by atoms with Gasteiger partial charge in [-0.05, 0) is 52.3 Å². The summed E-state index contributed by atoms with van der Waals surface area (Å²) in [6.45, 7) is 0. The fourth-order valence-corrected chi connectivity index (χ4v) is 1.48.